The zero-order valence-electron chi connectivity index (χ0n) is 20.6. The highest BCUT2D eigenvalue weighted by Crippen LogP contribution is 2.59. The quantitative estimate of drug-likeness (QED) is 0.457. The molecule has 0 bridgehead atoms. The molecule has 0 radical (unpaired) electrons. The molecule has 3 aliphatic rings. The van der Waals surface area contributed by atoms with Gasteiger partial charge in [0.1, 0.15) is 5.60 Å². The maximum absolute atomic E-state index is 10.6. The van der Waals surface area contributed by atoms with Gasteiger partial charge in [0.15, 0.2) is 0 Å². The fourth-order valence-electron chi connectivity index (χ4n) is 6.29. The van der Waals surface area contributed by atoms with Crippen LogP contribution in [-0.4, -0.2) is 43.8 Å². The molecule has 3 saturated carbocycles. The van der Waals surface area contributed by atoms with Crippen molar-refractivity contribution < 1.29 is 20.4 Å². The van der Waals surface area contributed by atoms with Gasteiger partial charge in [0, 0.05) is 6.42 Å². The molecular formula is C28H44O4. The molecule has 3 rings (SSSR count). The number of aliphatic hydroxyl groups is 4. The first-order chi connectivity index (χ1) is 14.8. The number of rotatable bonds is 5. The molecule has 0 saturated heterocycles. The molecule has 0 aromatic rings. The molecule has 0 amide bonds. The second-order valence-electron chi connectivity index (χ2n) is 11.6. The summed E-state index contributed by atoms with van der Waals surface area (Å²) in [5.74, 6) is 1.39. The van der Waals surface area contributed by atoms with Gasteiger partial charge in [-0.15, -0.1) is 0 Å². The number of hydrogen-bond acceptors (Lipinski definition) is 4. The molecule has 32 heavy (non-hydrogen) atoms. The van der Waals surface area contributed by atoms with Crippen LogP contribution >= 0.6 is 0 Å². The van der Waals surface area contributed by atoms with Crippen molar-refractivity contribution in [2.24, 2.45) is 23.2 Å². The molecule has 3 fully saturated rings. The number of allylic oxidation sites excluding steroid dienone is 4. The van der Waals surface area contributed by atoms with Crippen LogP contribution in [-0.2, 0) is 0 Å². The van der Waals surface area contributed by atoms with E-state index in [0.29, 0.717) is 30.6 Å². The van der Waals surface area contributed by atoms with E-state index < -0.39 is 23.4 Å². The maximum Gasteiger partial charge on any atom is 0.108 e. The van der Waals surface area contributed by atoms with Crippen LogP contribution in [0.1, 0.15) is 79.6 Å². The molecule has 0 unspecified atom stereocenters. The molecule has 4 nitrogen and oxygen atoms in total. The van der Waals surface area contributed by atoms with Crippen molar-refractivity contribution >= 4 is 0 Å². The van der Waals surface area contributed by atoms with Gasteiger partial charge < -0.3 is 20.4 Å². The van der Waals surface area contributed by atoms with Gasteiger partial charge in [0.25, 0.3) is 0 Å². The van der Waals surface area contributed by atoms with Gasteiger partial charge in [-0.2, -0.15) is 0 Å². The first-order valence-corrected chi connectivity index (χ1v) is 12.4. The van der Waals surface area contributed by atoms with Gasteiger partial charge >= 0.3 is 0 Å². The fourth-order valence-corrected chi connectivity index (χ4v) is 6.29. The van der Waals surface area contributed by atoms with Crippen molar-refractivity contribution in [3.8, 4) is 0 Å². The minimum absolute atomic E-state index is 0.218. The van der Waals surface area contributed by atoms with Crippen LogP contribution < -0.4 is 0 Å². The zero-order valence-corrected chi connectivity index (χ0v) is 20.6. The zero-order chi connectivity index (χ0) is 23.9. The third-order valence-corrected chi connectivity index (χ3v) is 8.90. The highest BCUT2D eigenvalue weighted by atomic mass is 16.3. The highest BCUT2D eigenvalue weighted by Gasteiger charge is 2.50. The molecule has 0 aliphatic heterocycles. The first kappa shape index (κ1) is 25.4. The minimum Gasteiger partial charge on any atom is -0.393 e. The summed E-state index contributed by atoms with van der Waals surface area (Å²) in [6.45, 7) is 13.7. The van der Waals surface area contributed by atoms with E-state index in [2.05, 4.69) is 38.7 Å². The van der Waals surface area contributed by atoms with Crippen LogP contribution in [0.3, 0.4) is 0 Å². The number of aliphatic hydroxyl groups excluding tert-OH is 2. The number of fused-ring (bicyclic) bond motifs is 1. The van der Waals surface area contributed by atoms with Gasteiger partial charge in [-0.1, -0.05) is 50.3 Å². The summed E-state index contributed by atoms with van der Waals surface area (Å²) in [6, 6.07) is 0. The average Bonchev–Trinajstić information content (AvgIpc) is 3.04. The summed E-state index contributed by atoms with van der Waals surface area (Å²) in [6.07, 6.45) is 13.8. The minimum atomic E-state index is -1.26. The predicted molar refractivity (Wildman–Crippen MR) is 130 cm³/mol. The van der Waals surface area contributed by atoms with Crippen molar-refractivity contribution in [3.63, 3.8) is 0 Å². The van der Waals surface area contributed by atoms with E-state index in [4.69, 9.17) is 0 Å². The van der Waals surface area contributed by atoms with Gasteiger partial charge in [0.05, 0.1) is 17.8 Å². The average molecular weight is 445 g/mol. The van der Waals surface area contributed by atoms with Crippen LogP contribution in [0.4, 0.5) is 0 Å². The van der Waals surface area contributed by atoms with E-state index in [0.717, 1.165) is 24.0 Å². The molecule has 7 atom stereocenters. The number of hydrogen-bond donors (Lipinski definition) is 4. The van der Waals surface area contributed by atoms with Gasteiger partial charge in [-0.05, 0) is 93.6 Å². The molecule has 0 spiro atoms. The van der Waals surface area contributed by atoms with Crippen LogP contribution in [0, 0.1) is 23.2 Å². The van der Waals surface area contributed by atoms with Crippen molar-refractivity contribution in [2.45, 2.75) is 103 Å². The summed E-state index contributed by atoms with van der Waals surface area (Å²) in [4.78, 5) is 0. The molecule has 0 aromatic carbocycles. The molecular weight excluding hydrogens is 400 g/mol. The second-order valence-corrected chi connectivity index (χ2v) is 11.6. The van der Waals surface area contributed by atoms with E-state index in [1.807, 2.05) is 0 Å². The lowest BCUT2D eigenvalue weighted by atomic mass is 9.61. The Kier molecular flexibility index (Phi) is 7.32. The Bertz CT molecular complexity index is 797. The van der Waals surface area contributed by atoms with Gasteiger partial charge in [-0.25, -0.2) is 0 Å². The van der Waals surface area contributed by atoms with E-state index in [-0.39, 0.29) is 5.41 Å². The normalized spacial score (nSPS) is 39.5. The Morgan fingerprint density at radius 1 is 1.12 bits per heavy atom. The third kappa shape index (κ3) is 4.99. The molecule has 0 aromatic heterocycles. The molecule has 180 valence electrons. The summed E-state index contributed by atoms with van der Waals surface area (Å²) in [7, 11) is 0. The van der Waals surface area contributed by atoms with Crippen LogP contribution in [0.5, 0.6) is 0 Å². The lowest BCUT2D eigenvalue weighted by Gasteiger charge is -2.44. The van der Waals surface area contributed by atoms with Crippen LogP contribution in [0.15, 0.2) is 47.6 Å². The van der Waals surface area contributed by atoms with Crippen LogP contribution in [0.25, 0.3) is 0 Å². The monoisotopic (exact) mass is 444 g/mol. The van der Waals surface area contributed by atoms with Crippen molar-refractivity contribution in [2.75, 3.05) is 0 Å². The Hall–Kier alpha value is -1.20. The summed E-state index contributed by atoms with van der Waals surface area (Å²) >= 11 is 0. The predicted octanol–water partition coefficient (Wildman–Crippen LogP) is 4.84. The standard InChI is InChI=1S/C28H44O4/c1-18(13-15-28(6,32)26(3,4)31)23-11-12-24-20(8-7-14-27(23,24)5)9-10-21-16-22(29)17-25(30)19(21)2/h9-10,13,15,18,22-25,29-32H,2,7-8,11-12,14,16-17H2,1,3-6H3/t18-,22-,23-,24+,25+,27-,28-/m1/s1. The molecule has 4 N–H and O–H groups in total. The second kappa shape index (κ2) is 9.21. The molecule has 0 heterocycles. The largest absolute Gasteiger partial charge is 0.393 e. The van der Waals surface area contributed by atoms with Crippen molar-refractivity contribution in [1.82, 2.24) is 0 Å². The lowest BCUT2D eigenvalue weighted by Crippen LogP contribution is -2.46. The van der Waals surface area contributed by atoms with Crippen molar-refractivity contribution in [3.05, 3.63) is 47.6 Å². The lowest BCUT2D eigenvalue weighted by molar-refractivity contribution is -0.0886. The van der Waals surface area contributed by atoms with E-state index >= 15 is 0 Å². The summed E-state index contributed by atoms with van der Waals surface area (Å²) in [5.41, 5.74) is 0.958. The molecule has 4 heteroatoms. The van der Waals surface area contributed by atoms with E-state index in [1.54, 1.807) is 26.8 Å². The smallest absolute Gasteiger partial charge is 0.108 e. The van der Waals surface area contributed by atoms with Crippen molar-refractivity contribution in [1.29, 1.82) is 0 Å². The first-order valence-electron chi connectivity index (χ1n) is 12.4. The molecule has 3 aliphatic carbocycles. The summed E-state index contributed by atoms with van der Waals surface area (Å²) in [5, 5.41) is 41.1. The topological polar surface area (TPSA) is 80.9 Å². The highest BCUT2D eigenvalue weighted by molar-refractivity contribution is 5.38. The SMILES string of the molecule is C=C1C(=CC=C2CCC[C@]3(C)[C@@H]([C@H](C)C=C[C@@](C)(O)C(C)(C)O)CC[C@@H]23)C[C@@H](O)C[C@@H]1O. The maximum atomic E-state index is 10.6. The van der Waals surface area contributed by atoms with E-state index in [9.17, 15) is 20.4 Å². The third-order valence-electron chi connectivity index (χ3n) is 8.90. The Balaban J connectivity index is 1.78. The summed E-state index contributed by atoms with van der Waals surface area (Å²) < 4.78 is 0. The Morgan fingerprint density at radius 2 is 1.81 bits per heavy atom. The Labute approximate surface area is 194 Å². The Morgan fingerprint density at radius 3 is 2.47 bits per heavy atom. The van der Waals surface area contributed by atoms with Crippen LogP contribution in [0.2, 0.25) is 0 Å². The fraction of sp³-hybridized carbons (Fsp3) is 0.714. The van der Waals surface area contributed by atoms with Gasteiger partial charge in [-0.3, -0.25) is 0 Å². The van der Waals surface area contributed by atoms with E-state index in [1.165, 1.54) is 24.8 Å². The van der Waals surface area contributed by atoms with Gasteiger partial charge in [0.2, 0.25) is 0 Å².